The quantitative estimate of drug-likeness (QED) is 0.657. The fourth-order valence-corrected chi connectivity index (χ4v) is 3.84. The number of benzene rings is 1. The molecule has 4 rings (SSSR count). The first-order valence-electron chi connectivity index (χ1n) is 8.50. The Kier molecular flexibility index (Phi) is 4.59. The van der Waals surface area contributed by atoms with Gasteiger partial charge in [-0.15, -0.1) is 11.3 Å². The van der Waals surface area contributed by atoms with Crippen LogP contribution >= 0.6 is 11.3 Å². The Morgan fingerprint density at radius 2 is 2.07 bits per heavy atom. The van der Waals surface area contributed by atoms with Crippen molar-refractivity contribution in [2.45, 2.75) is 12.8 Å². The molecule has 0 fully saturated rings. The van der Waals surface area contributed by atoms with Gasteiger partial charge in [0.2, 0.25) is 0 Å². The molecule has 1 aliphatic rings. The van der Waals surface area contributed by atoms with Crippen molar-refractivity contribution in [2.24, 2.45) is 0 Å². The van der Waals surface area contributed by atoms with E-state index in [0.29, 0.717) is 4.96 Å². The molecule has 27 heavy (non-hydrogen) atoms. The van der Waals surface area contributed by atoms with E-state index in [-0.39, 0.29) is 18.0 Å². The smallest absolute Gasteiger partial charge is 0.276 e. The second-order valence-electron chi connectivity index (χ2n) is 6.19. The van der Waals surface area contributed by atoms with Crippen LogP contribution in [0.4, 0.5) is 5.69 Å². The lowest BCUT2D eigenvalue weighted by Crippen LogP contribution is -2.48. The van der Waals surface area contributed by atoms with E-state index in [0.717, 1.165) is 25.1 Å². The minimum atomic E-state index is -0.694. The number of para-hydroxylation sites is 1. The van der Waals surface area contributed by atoms with E-state index in [9.17, 15) is 14.4 Å². The van der Waals surface area contributed by atoms with Crippen molar-refractivity contribution >= 4 is 33.8 Å². The molecule has 0 spiro atoms. The number of hydrogen-bond donors (Lipinski definition) is 2. The fourth-order valence-electron chi connectivity index (χ4n) is 3.16. The number of anilines is 1. The zero-order valence-electron chi connectivity index (χ0n) is 14.3. The summed E-state index contributed by atoms with van der Waals surface area (Å²) in [6.07, 6.45) is 4.74. The van der Waals surface area contributed by atoms with Crippen LogP contribution in [0.5, 0.6) is 0 Å². The second kappa shape index (κ2) is 7.20. The number of rotatable bonds is 3. The molecular weight excluding hydrogens is 366 g/mol. The van der Waals surface area contributed by atoms with Crippen LogP contribution in [0.1, 0.15) is 22.3 Å². The summed E-state index contributed by atoms with van der Waals surface area (Å²) in [6.45, 7) is 0.899. The van der Waals surface area contributed by atoms with Crippen molar-refractivity contribution in [1.82, 2.24) is 20.2 Å². The molecule has 0 atom stereocenters. The molecule has 0 bridgehead atoms. The minimum absolute atomic E-state index is 0.123. The molecule has 0 unspecified atom stereocenters. The number of aryl methyl sites for hydroxylation is 1. The summed E-state index contributed by atoms with van der Waals surface area (Å²) in [5, 5.41) is 1.71. The first-order chi connectivity index (χ1) is 13.1. The Balaban J connectivity index is 1.40. The lowest BCUT2D eigenvalue weighted by atomic mass is 10.0. The van der Waals surface area contributed by atoms with Crippen LogP contribution < -0.4 is 21.3 Å². The Labute approximate surface area is 158 Å². The van der Waals surface area contributed by atoms with Crippen molar-refractivity contribution < 1.29 is 9.59 Å². The summed E-state index contributed by atoms with van der Waals surface area (Å²) in [4.78, 5) is 43.3. The van der Waals surface area contributed by atoms with E-state index in [2.05, 4.69) is 21.9 Å². The summed E-state index contributed by atoms with van der Waals surface area (Å²) in [5.74, 6) is -1.05. The van der Waals surface area contributed by atoms with Crippen molar-refractivity contribution in [3.8, 4) is 0 Å². The first-order valence-corrected chi connectivity index (χ1v) is 9.38. The number of thiazole rings is 1. The van der Waals surface area contributed by atoms with E-state index in [1.165, 1.54) is 27.5 Å². The topological polar surface area (TPSA) is 95.8 Å². The van der Waals surface area contributed by atoms with Gasteiger partial charge in [0.1, 0.15) is 5.56 Å². The second-order valence-corrected chi connectivity index (χ2v) is 7.06. The number of carbonyl (C=O) groups excluding carboxylic acids is 2. The predicted octanol–water partition coefficient (Wildman–Crippen LogP) is 0.970. The largest absolute Gasteiger partial charge is 0.362 e. The first kappa shape index (κ1) is 17.2. The summed E-state index contributed by atoms with van der Waals surface area (Å²) in [7, 11) is 0. The highest BCUT2D eigenvalue weighted by atomic mass is 32.1. The molecule has 1 aromatic carbocycles. The van der Waals surface area contributed by atoms with Crippen LogP contribution in [-0.4, -0.2) is 34.3 Å². The van der Waals surface area contributed by atoms with E-state index in [4.69, 9.17) is 0 Å². The normalized spacial score (nSPS) is 13.3. The van der Waals surface area contributed by atoms with Gasteiger partial charge in [-0.25, -0.2) is 4.98 Å². The minimum Gasteiger partial charge on any atom is -0.362 e. The van der Waals surface area contributed by atoms with Gasteiger partial charge in [0.15, 0.2) is 4.96 Å². The van der Waals surface area contributed by atoms with Crippen molar-refractivity contribution in [2.75, 3.05) is 18.0 Å². The molecule has 0 saturated heterocycles. The van der Waals surface area contributed by atoms with Gasteiger partial charge in [-0.1, -0.05) is 18.2 Å². The lowest BCUT2D eigenvalue weighted by molar-refractivity contribution is -0.120. The number of hydrogen-bond acceptors (Lipinski definition) is 6. The zero-order chi connectivity index (χ0) is 18.8. The lowest BCUT2D eigenvalue weighted by Gasteiger charge is -2.30. The third-order valence-electron chi connectivity index (χ3n) is 4.44. The molecular formula is C18H17N5O3S. The number of aromatic nitrogens is 2. The van der Waals surface area contributed by atoms with Crippen LogP contribution in [0.15, 0.2) is 46.8 Å². The van der Waals surface area contributed by atoms with Crippen LogP contribution in [-0.2, 0) is 11.2 Å². The van der Waals surface area contributed by atoms with Crippen LogP contribution in [0.3, 0.4) is 0 Å². The SMILES string of the molecule is O=C(CN1CCCc2ccccc21)NNC(=O)c1cnc2sccn2c1=O. The molecule has 138 valence electrons. The maximum absolute atomic E-state index is 12.3. The predicted molar refractivity (Wildman–Crippen MR) is 102 cm³/mol. The molecule has 1 aliphatic heterocycles. The molecule has 2 amide bonds. The highest BCUT2D eigenvalue weighted by Crippen LogP contribution is 2.26. The van der Waals surface area contributed by atoms with Gasteiger partial charge < -0.3 is 4.90 Å². The Bertz CT molecular complexity index is 1070. The number of nitrogens with one attached hydrogen (secondary N) is 2. The Hall–Kier alpha value is -3.20. The molecule has 0 aliphatic carbocycles. The molecule has 0 radical (unpaired) electrons. The van der Waals surface area contributed by atoms with Crippen molar-refractivity contribution in [3.63, 3.8) is 0 Å². The summed E-state index contributed by atoms with van der Waals surface area (Å²) in [6, 6.07) is 7.97. The van der Waals surface area contributed by atoms with E-state index in [1.807, 2.05) is 23.1 Å². The maximum Gasteiger partial charge on any atom is 0.276 e. The zero-order valence-corrected chi connectivity index (χ0v) is 15.2. The molecule has 0 saturated carbocycles. The molecule has 8 nitrogen and oxygen atoms in total. The fraction of sp³-hybridized carbons (Fsp3) is 0.222. The molecule has 2 aromatic heterocycles. The van der Waals surface area contributed by atoms with Gasteiger partial charge in [0.25, 0.3) is 17.4 Å². The van der Waals surface area contributed by atoms with E-state index < -0.39 is 11.5 Å². The van der Waals surface area contributed by atoms with Gasteiger partial charge in [-0.3, -0.25) is 29.6 Å². The molecule has 3 aromatic rings. The average Bonchev–Trinajstić information content (AvgIpc) is 3.16. The number of amides is 2. The highest BCUT2D eigenvalue weighted by molar-refractivity contribution is 7.15. The van der Waals surface area contributed by atoms with Crippen LogP contribution in [0, 0.1) is 0 Å². The monoisotopic (exact) mass is 383 g/mol. The van der Waals surface area contributed by atoms with E-state index >= 15 is 0 Å². The van der Waals surface area contributed by atoms with Gasteiger partial charge >= 0.3 is 0 Å². The van der Waals surface area contributed by atoms with Gasteiger partial charge in [0.05, 0.1) is 6.54 Å². The van der Waals surface area contributed by atoms with Crippen LogP contribution in [0.2, 0.25) is 0 Å². The molecule has 3 heterocycles. The Morgan fingerprint density at radius 1 is 1.22 bits per heavy atom. The number of fused-ring (bicyclic) bond motifs is 2. The molecule has 2 N–H and O–H groups in total. The van der Waals surface area contributed by atoms with Gasteiger partial charge in [-0.05, 0) is 24.5 Å². The summed E-state index contributed by atoms with van der Waals surface area (Å²) in [5.41, 5.74) is 6.31. The third-order valence-corrected chi connectivity index (χ3v) is 5.21. The van der Waals surface area contributed by atoms with Gasteiger partial charge in [-0.2, -0.15) is 0 Å². The van der Waals surface area contributed by atoms with E-state index in [1.54, 1.807) is 11.6 Å². The number of hydrazine groups is 1. The summed E-state index contributed by atoms with van der Waals surface area (Å²) >= 11 is 1.30. The molecule has 9 heteroatoms. The maximum atomic E-state index is 12.3. The average molecular weight is 383 g/mol. The van der Waals surface area contributed by atoms with Crippen molar-refractivity contribution in [1.29, 1.82) is 0 Å². The number of nitrogens with zero attached hydrogens (tertiary/aromatic N) is 3. The van der Waals surface area contributed by atoms with Crippen LogP contribution in [0.25, 0.3) is 4.96 Å². The summed E-state index contributed by atoms with van der Waals surface area (Å²) < 4.78 is 1.30. The standard InChI is InChI=1S/C18H17N5O3S/c24-15(11-22-7-3-5-12-4-1-2-6-14(12)22)20-21-16(25)13-10-19-18-23(17(13)26)8-9-27-18/h1-2,4,6,8-10H,3,5,7,11H2,(H,20,24)(H,21,25). The van der Waals surface area contributed by atoms with Gasteiger partial charge in [0, 0.05) is 30.0 Å². The Morgan fingerprint density at radius 3 is 2.96 bits per heavy atom. The number of carbonyl (C=O) groups is 2. The van der Waals surface area contributed by atoms with Crippen molar-refractivity contribution in [3.05, 3.63) is 63.5 Å². The third kappa shape index (κ3) is 3.41. The highest BCUT2D eigenvalue weighted by Gasteiger charge is 2.19.